The maximum Gasteiger partial charge on any atom is 0.221 e. The van der Waals surface area contributed by atoms with Crippen molar-refractivity contribution >= 4 is 11.6 Å². The number of ether oxygens (including phenoxy) is 1. The van der Waals surface area contributed by atoms with Gasteiger partial charge in [0.25, 0.3) is 0 Å². The van der Waals surface area contributed by atoms with E-state index in [4.69, 9.17) is 16.3 Å². The third-order valence-corrected chi connectivity index (χ3v) is 3.55. The Hall–Kier alpha value is -2.51. The van der Waals surface area contributed by atoms with Gasteiger partial charge in [-0.05, 0) is 39.8 Å². The zero-order chi connectivity index (χ0) is 16.2. The molecule has 0 aliphatic rings. The van der Waals surface area contributed by atoms with Crippen LogP contribution in [0.4, 0.5) is 0 Å². The quantitative estimate of drug-likeness (QED) is 0.769. The molecule has 3 rings (SSSR count). The number of pyridine rings is 1. The zero-order valence-electron chi connectivity index (χ0n) is 12.3. The molecule has 0 saturated carbocycles. The molecule has 0 fully saturated rings. The van der Waals surface area contributed by atoms with Gasteiger partial charge in [0, 0.05) is 16.8 Å². The number of halogens is 1. The van der Waals surface area contributed by atoms with Crippen LogP contribution in [0, 0.1) is 0 Å². The van der Waals surface area contributed by atoms with Gasteiger partial charge < -0.3 is 9.84 Å². The number of rotatable bonds is 5. The van der Waals surface area contributed by atoms with E-state index in [9.17, 15) is 5.11 Å². The largest absolute Gasteiger partial charge is 0.481 e. The van der Waals surface area contributed by atoms with Crippen LogP contribution < -0.4 is 4.74 Å². The molecule has 0 atom stereocenters. The van der Waals surface area contributed by atoms with Crippen LogP contribution in [0.15, 0.2) is 36.5 Å². The van der Waals surface area contributed by atoms with Gasteiger partial charge in [-0.15, -0.1) is 5.10 Å². The van der Waals surface area contributed by atoms with E-state index in [-0.39, 0.29) is 6.61 Å². The van der Waals surface area contributed by atoms with Gasteiger partial charge in [0.2, 0.25) is 5.88 Å². The zero-order valence-corrected chi connectivity index (χ0v) is 13.1. The number of tetrazole rings is 1. The second kappa shape index (κ2) is 6.72. The highest BCUT2D eigenvalue weighted by atomic mass is 35.5. The molecule has 0 aliphatic carbocycles. The van der Waals surface area contributed by atoms with E-state index in [0.29, 0.717) is 23.3 Å². The minimum Gasteiger partial charge on any atom is -0.481 e. The Balaban J connectivity index is 1.99. The van der Waals surface area contributed by atoms with Gasteiger partial charge in [-0.2, -0.15) is 0 Å². The number of nitrogens with zero attached hydrogens (tertiary/aromatic N) is 5. The Kier molecular flexibility index (Phi) is 4.50. The van der Waals surface area contributed by atoms with Crippen molar-refractivity contribution < 1.29 is 9.84 Å². The van der Waals surface area contributed by atoms with E-state index in [2.05, 4.69) is 20.5 Å². The maximum absolute atomic E-state index is 9.22. The molecule has 0 bridgehead atoms. The summed E-state index contributed by atoms with van der Waals surface area (Å²) in [4.78, 5) is 4.33. The van der Waals surface area contributed by atoms with Crippen LogP contribution in [0.2, 0.25) is 5.02 Å². The molecule has 0 amide bonds. The SMILES string of the molecule is COc1ncc(Cn2nnnc2CO)cc1-c1cccc(Cl)c1. The fourth-order valence-electron chi connectivity index (χ4n) is 2.24. The van der Waals surface area contributed by atoms with Crippen molar-refractivity contribution in [3.8, 4) is 17.0 Å². The molecule has 8 heteroatoms. The van der Waals surface area contributed by atoms with Crippen LogP contribution in [0.5, 0.6) is 5.88 Å². The highest BCUT2D eigenvalue weighted by Crippen LogP contribution is 2.30. The number of aliphatic hydroxyl groups is 1. The monoisotopic (exact) mass is 331 g/mol. The second-order valence-electron chi connectivity index (χ2n) is 4.82. The van der Waals surface area contributed by atoms with E-state index >= 15 is 0 Å². The predicted molar refractivity (Wildman–Crippen MR) is 84.1 cm³/mol. The van der Waals surface area contributed by atoms with Crippen LogP contribution >= 0.6 is 11.6 Å². The lowest BCUT2D eigenvalue weighted by atomic mass is 10.1. The second-order valence-corrected chi connectivity index (χ2v) is 5.26. The van der Waals surface area contributed by atoms with E-state index in [1.807, 2.05) is 30.3 Å². The van der Waals surface area contributed by atoms with Gasteiger partial charge in [0.1, 0.15) is 6.61 Å². The molecule has 2 heterocycles. The highest BCUT2D eigenvalue weighted by molar-refractivity contribution is 6.30. The fraction of sp³-hybridized carbons (Fsp3) is 0.200. The lowest BCUT2D eigenvalue weighted by molar-refractivity contribution is 0.263. The van der Waals surface area contributed by atoms with Crippen molar-refractivity contribution in [1.82, 2.24) is 25.2 Å². The predicted octanol–water partition coefficient (Wildman–Crippen LogP) is 1.94. The maximum atomic E-state index is 9.22. The average Bonchev–Trinajstić information content (AvgIpc) is 3.02. The number of hydrogen-bond donors (Lipinski definition) is 1. The first-order chi connectivity index (χ1) is 11.2. The smallest absolute Gasteiger partial charge is 0.221 e. The van der Waals surface area contributed by atoms with Gasteiger partial charge in [-0.25, -0.2) is 9.67 Å². The van der Waals surface area contributed by atoms with Crippen molar-refractivity contribution in [2.75, 3.05) is 7.11 Å². The van der Waals surface area contributed by atoms with E-state index in [1.54, 1.807) is 13.3 Å². The standard InChI is InChI=1S/C15H14ClN5O2/c1-23-15-13(11-3-2-4-12(16)6-11)5-10(7-17-15)8-21-14(9-22)18-19-20-21/h2-7,22H,8-9H2,1H3. The summed E-state index contributed by atoms with van der Waals surface area (Å²) >= 11 is 6.07. The van der Waals surface area contributed by atoms with E-state index < -0.39 is 0 Å². The minimum absolute atomic E-state index is 0.224. The van der Waals surface area contributed by atoms with Gasteiger partial charge in [0.05, 0.1) is 13.7 Å². The van der Waals surface area contributed by atoms with Crippen LogP contribution in [0.3, 0.4) is 0 Å². The Morgan fingerprint density at radius 1 is 1.30 bits per heavy atom. The summed E-state index contributed by atoms with van der Waals surface area (Å²) in [5.74, 6) is 0.903. The number of hydrogen-bond acceptors (Lipinski definition) is 6. The lowest BCUT2D eigenvalue weighted by Gasteiger charge is -2.10. The number of benzene rings is 1. The molecular formula is C15H14ClN5O2. The molecule has 23 heavy (non-hydrogen) atoms. The van der Waals surface area contributed by atoms with Crippen LogP contribution in [0.1, 0.15) is 11.4 Å². The number of methoxy groups -OCH3 is 1. The molecule has 0 saturated heterocycles. The molecule has 2 aromatic heterocycles. The van der Waals surface area contributed by atoms with Crippen molar-refractivity contribution in [3.63, 3.8) is 0 Å². The summed E-state index contributed by atoms with van der Waals surface area (Å²) in [7, 11) is 1.57. The Morgan fingerprint density at radius 2 is 2.17 bits per heavy atom. The van der Waals surface area contributed by atoms with Gasteiger partial charge in [0.15, 0.2) is 5.82 Å². The van der Waals surface area contributed by atoms with Gasteiger partial charge in [-0.1, -0.05) is 23.7 Å². The Bertz CT molecular complexity index is 821. The first kappa shape index (κ1) is 15.4. The Morgan fingerprint density at radius 3 is 2.91 bits per heavy atom. The summed E-state index contributed by atoms with van der Waals surface area (Å²) in [6, 6.07) is 9.41. The average molecular weight is 332 g/mol. The molecule has 3 aromatic rings. The third kappa shape index (κ3) is 3.30. The summed E-state index contributed by atoms with van der Waals surface area (Å²) in [6.07, 6.45) is 1.69. The summed E-state index contributed by atoms with van der Waals surface area (Å²) in [5.41, 5.74) is 2.61. The van der Waals surface area contributed by atoms with Crippen molar-refractivity contribution in [1.29, 1.82) is 0 Å². The van der Waals surface area contributed by atoms with Crippen molar-refractivity contribution in [2.45, 2.75) is 13.2 Å². The third-order valence-electron chi connectivity index (χ3n) is 3.32. The first-order valence-electron chi connectivity index (χ1n) is 6.86. The van der Waals surface area contributed by atoms with Gasteiger partial charge >= 0.3 is 0 Å². The molecule has 1 aromatic carbocycles. The molecule has 118 valence electrons. The molecule has 1 N–H and O–H groups in total. The summed E-state index contributed by atoms with van der Waals surface area (Å²) in [6.45, 7) is 0.172. The topological polar surface area (TPSA) is 86.0 Å². The van der Waals surface area contributed by atoms with Crippen molar-refractivity contribution in [3.05, 3.63) is 52.9 Å². The molecule has 0 unspecified atom stereocenters. The number of aliphatic hydroxyl groups excluding tert-OH is 1. The fourth-order valence-corrected chi connectivity index (χ4v) is 2.43. The van der Waals surface area contributed by atoms with Gasteiger partial charge in [-0.3, -0.25) is 0 Å². The summed E-state index contributed by atoms with van der Waals surface area (Å²) in [5, 5.41) is 21.0. The highest BCUT2D eigenvalue weighted by Gasteiger charge is 2.11. The van der Waals surface area contributed by atoms with Crippen LogP contribution in [0.25, 0.3) is 11.1 Å². The minimum atomic E-state index is -0.224. The molecule has 0 radical (unpaired) electrons. The van der Waals surface area contributed by atoms with E-state index in [0.717, 1.165) is 16.7 Å². The summed E-state index contributed by atoms with van der Waals surface area (Å²) < 4.78 is 6.85. The first-order valence-corrected chi connectivity index (χ1v) is 7.24. The normalized spacial score (nSPS) is 10.7. The molecule has 0 aliphatic heterocycles. The van der Waals surface area contributed by atoms with Crippen molar-refractivity contribution in [2.24, 2.45) is 0 Å². The molecular weight excluding hydrogens is 318 g/mol. The van der Waals surface area contributed by atoms with Crippen LogP contribution in [-0.4, -0.2) is 37.4 Å². The molecule has 7 nitrogen and oxygen atoms in total. The van der Waals surface area contributed by atoms with E-state index in [1.165, 1.54) is 4.68 Å². The van der Waals surface area contributed by atoms with Crippen LogP contribution in [-0.2, 0) is 13.2 Å². The Labute approximate surface area is 137 Å². The lowest BCUT2D eigenvalue weighted by Crippen LogP contribution is -2.08. The molecule has 0 spiro atoms. The number of aromatic nitrogens is 5.